The fraction of sp³-hybridized carbons (Fsp3) is 0.440. The fourth-order valence-electron chi connectivity index (χ4n) is 4.60. The first-order valence-corrected chi connectivity index (χ1v) is 10.7. The average Bonchev–Trinajstić information content (AvgIpc) is 2.73. The molecule has 4 heteroatoms. The summed E-state index contributed by atoms with van der Waals surface area (Å²) in [6.07, 6.45) is 8.75. The van der Waals surface area contributed by atoms with Crippen molar-refractivity contribution in [2.24, 2.45) is 5.92 Å². The molecule has 0 bridgehead atoms. The van der Waals surface area contributed by atoms with Crippen LogP contribution >= 0.6 is 0 Å². The zero-order valence-electron chi connectivity index (χ0n) is 17.1. The molecule has 0 radical (unpaired) electrons. The number of hydrogen-bond acceptors (Lipinski definition) is 1. The molecular weight excluding hydrogens is 373 g/mol. The number of fused-ring (bicyclic) bond motifs is 2. The Hall–Kier alpha value is -2.23. The van der Waals surface area contributed by atoms with Crippen molar-refractivity contribution in [3.8, 4) is 11.5 Å². The maximum absolute atomic E-state index is 14.9. The van der Waals surface area contributed by atoms with Gasteiger partial charge in [0, 0.05) is 23.1 Å². The number of hydrogen-bond donors (Lipinski definition) is 0. The Balaban J connectivity index is 1.68. The van der Waals surface area contributed by atoms with Crippen molar-refractivity contribution >= 4 is 5.57 Å². The van der Waals surface area contributed by atoms with Crippen LogP contribution in [0.4, 0.5) is 13.2 Å². The van der Waals surface area contributed by atoms with Crippen molar-refractivity contribution in [1.82, 2.24) is 0 Å². The van der Waals surface area contributed by atoms with E-state index in [0.717, 1.165) is 37.7 Å². The van der Waals surface area contributed by atoms with Gasteiger partial charge in [0.25, 0.3) is 0 Å². The molecule has 1 nitrogen and oxygen atoms in total. The van der Waals surface area contributed by atoms with Gasteiger partial charge >= 0.3 is 0 Å². The van der Waals surface area contributed by atoms with E-state index in [1.807, 2.05) is 13.0 Å². The van der Waals surface area contributed by atoms with E-state index in [9.17, 15) is 13.2 Å². The lowest BCUT2D eigenvalue weighted by Crippen LogP contribution is -2.12. The third-order valence-electron chi connectivity index (χ3n) is 6.16. The van der Waals surface area contributed by atoms with Crippen LogP contribution in [0.5, 0.6) is 11.5 Å². The van der Waals surface area contributed by atoms with Crippen LogP contribution in [0.25, 0.3) is 5.57 Å². The highest BCUT2D eigenvalue weighted by Crippen LogP contribution is 2.44. The summed E-state index contributed by atoms with van der Waals surface area (Å²) in [7, 11) is 0. The molecule has 1 atom stereocenters. The molecule has 0 saturated carbocycles. The monoisotopic (exact) mass is 400 g/mol. The smallest absolute Gasteiger partial charge is 0.202 e. The Morgan fingerprint density at radius 3 is 2.45 bits per heavy atom. The molecule has 0 N–H and O–H groups in total. The maximum Gasteiger partial charge on any atom is 0.202 e. The Morgan fingerprint density at radius 1 is 0.966 bits per heavy atom. The molecule has 2 aromatic carbocycles. The first-order valence-electron chi connectivity index (χ1n) is 10.7. The third kappa shape index (κ3) is 3.70. The van der Waals surface area contributed by atoms with Crippen LogP contribution in [0.1, 0.15) is 74.6 Å². The van der Waals surface area contributed by atoms with Gasteiger partial charge in [-0.3, -0.25) is 0 Å². The molecule has 1 aliphatic heterocycles. The minimum atomic E-state index is -1.01. The Bertz CT molecular complexity index is 961. The van der Waals surface area contributed by atoms with E-state index in [1.54, 1.807) is 12.1 Å². The van der Waals surface area contributed by atoms with Crippen molar-refractivity contribution in [3.05, 3.63) is 64.0 Å². The molecule has 1 heterocycles. The van der Waals surface area contributed by atoms with Crippen LogP contribution < -0.4 is 4.74 Å². The first-order chi connectivity index (χ1) is 14.0. The molecule has 4 rings (SSSR count). The second-order valence-corrected chi connectivity index (χ2v) is 8.25. The number of aryl methyl sites for hydroxylation is 1. The van der Waals surface area contributed by atoms with Crippen molar-refractivity contribution in [2.75, 3.05) is 0 Å². The van der Waals surface area contributed by atoms with E-state index >= 15 is 0 Å². The molecule has 0 amide bonds. The highest BCUT2D eigenvalue weighted by Gasteiger charge is 2.29. The fourth-order valence-corrected chi connectivity index (χ4v) is 4.60. The molecule has 0 fully saturated rings. The molecule has 2 aliphatic rings. The first kappa shape index (κ1) is 20.1. The van der Waals surface area contributed by atoms with Gasteiger partial charge in [0.2, 0.25) is 5.82 Å². The van der Waals surface area contributed by atoms with Crippen LogP contribution in [0.2, 0.25) is 0 Å². The van der Waals surface area contributed by atoms with Crippen molar-refractivity contribution in [1.29, 1.82) is 0 Å². The van der Waals surface area contributed by atoms with E-state index in [0.29, 0.717) is 41.0 Å². The predicted molar refractivity (Wildman–Crippen MR) is 110 cm³/mol. The zero-order valence-corrected chi connectivity index (χ0v) is 17.1. The lowest BCUT2D eigenvalue weighted by Gasteiger charge is -2.25. The van der Waals surface area contributed by atoms with Gasteiger partial charge in [-0.15, -0.1) is 0 Å². The van der Waals surface area contributed by atoms with Gasteiger partial charge in [0.1, 0.15) is 0 Å². The summed E-state index contributed by atoms with van der Waals surface area (Å²) in [5.74, 6) is -1.88. The highest BCUT2D eigenvalue weighted by molar-refractivity contribution is 5.69. The van der Waals surface area contributed by atoms with Crippen molar-refractivity contribution < 1.29 is 17.9 Å². The molecule has 0 saturated heterocycles. The number of benzene rings is 2. The van der Waals surface area contributed by atoms with Crippen LogP contribution in [-0.2, 0) is 12.8 Å². The quantitative estimate of drug-likeness (QED) is 0.426. The number of rotatable bonds is 5. The van der Waals surface area contributed by atoms with E-state index in [2.05, 4.69) is 13.0 Å². The summed E-state index contributed by atoms with van der Waals surface area (Å²) in [5, 5.41) is 0. The van der Waals surface area contributed by atoms with Crippen molar-refractivity contribution in [2.45, 2.75) is 65.2 Å². The van der Waals surface area contributed by atoms with Gasteiger partial charge in [-0.1, -0.05) is 51.3 Å². The second kappa shape index (κ2) is 8.25. The Kier molecular flexibility index (Phi) is 5.71. The lowest BCUT2D eigenvalue weighted by atomic mass is 9.83. The Morgan fingerprint density at radius 2 is 1.76 bits per heavy atom. The van der Waals surface area contributed by atoms with Gasteiger partial charge in [-0.25, -0.2) is 8.78 Å². The van der Waals surface area contributed by atoms with E-state index in [-0.39, 0.29) is 11.5 Å². The summed E-state index contributed by atoms with van der Waals surface area (Å²) in [6, 6.07) is 5.30. The third-order valence-corrected chi connectivity index (χ3v) is 6.16. The Labute approximate surface area is 170 Å². The molecular formula is C25H27F3O. The second-order valence-electron chi connectivity index (χ2n) is 8.25. The zero-order chi connectivity index (χ0) is 20.5. The summed E-state index contributed by atoms with van der Waals surface area (Å²) < 4.78 is 50.2. The molecule has 1 aliphatic carbocycles. The summed E-state index contributed by atoms with van der Waals surface area (Å²) in [6.45, 7) is 4.14. The van der Waals surface area contributed by atoms with Gasteiger partial charge < -0.3 is 4.74 Å². The van der Waals surface area contributed by atoms with E-state index in [4.69, 9.17) is 4.74 Å². The summed E-state index contributed by atoms with van der Waals surface area (Å²) >= 11 is 0. The van der Waals surface area contributed by atoms with Gasteiger partial charge in [-0.2, -0.15) is 4.39 Å². The summed E-state index contributed by atoms with van der Waals surface area (Å²) in [5.41, 5.74) is 2.98. The SMILES string of the molecule is CCCc1ccc2c(c1F)Oc1c(cc(C3=CCC(CCC)CC3)c(F)c1F)C2. The van der Waals surface area contributed by atoms with E-state index in [1.165, 1.54) is 6.42 Å². The average molecular weight is 400 g/mol. The molecule has 2 aromatic rings. The van der Waals surface area contributed by atoms with Crippen LogP contribution in [0.3, 0.4) is 0 Å². The van der Waals surface area contributed by atoms with Crippen LogP contribution in [0.15, 0.2) is 24.3 Å². The predicted octanol–water partition coefficient (Wildman–Crippen LogP) is 7.74. The van der Waals surface area contributed by atoms with Crippen LogP contribution in [0, 0.1) is 23.4 Å². The topological polar surface area (TPSA) is 9.23 Å². The number of halogens is 3. The van der Waals surface area contributed by atoms with Crippen molar-refractivity contribution in [3.63, 3.8) is 0 Å². The molecule has 0 spiro atoms. The number of allylic oxidation sites excluding steroid dienone is 2. The standard InChI is InChI=1S/C25H27F3O/c1-3-5-15-7-9-16(10-8-15)20-14-19-13-18-12-11-17(6-4-2)21(26)24(18)29-25(19)23(28)22(20)27/h9,11-12,14-15H,3-8,10,13H2,1-2H3. The minimum absolute atomic E-state index is 0.0359. The molecule has 1 unspecified atom stereocenters. The summed E-state index contributed by atoms with van der Waals surface area (Å²) in [4.78, 5) is 0. The largest absolute Gasteiger partial charge is 0.450 e. The van der Waals surface area contributed by atoms with E-state index < -0.39 is 17.5 Å². The highest BCUT2D eigenvalue weighted by atomic mass is 19.2. The maximum atomic E-state index is 14.9. The van der Waals surface area contributed by atoms with Gasteiger partial charge in [-0.05, 0) is 48.8 Å². The molecule has 0 aromatic heterocycles. The minimum Gasteiger partial charge on any atom is -0.450 e. The normalized spacial score (nSPS) is 18.0. The lowest BCUT2D eigenvalue weighted by molar-refractivity contribution is 0.378. The van der Waals surface area contributed by atoms with Crippen LogP contribution in [-0.4, -0.2) is 0 Å². The van der Waals surface area contributed by atoms with Gasteiger partial charge in [0.15, 0.2) is 23.1 Å². The number of ether oxygens (including phenoxy) is 1. The molecule has 154 valence electrons. The molecule has 29 heavy (non-hydrogen) atoms. The van der Waals surface area contributed by atoms with Gasteiger partial charge in [0.05, 0.1) is 0 Å².